The molecular formula is C14H20ClN5O. The van der Waals surface area contributed by atoms with Gasteiger partial charge in [0.1, 0.15) is 0 Å². The van der Waals surface area contributed by atoms with E-state index >= 15 is 0 Å². The number of amides is 1. The lowest BCUT2D eigenvalue weighted by Crippen LogP contribution is -2.16. The summed E-state index contributed by atoms with van der Waals surface area (Å²) in [6.45, 7) is 8.06. The molecule has 2 aromatic rings. The zero-order valence-electron chi connectivity index (χ0n) is 13.0. The fourth-order valence-electron chi connectivity index (χ4n) is 2.26. The minimum atomic E-state index is -0.0575. The molecule has 0 saturated carbocycles. The SMILES string of the molecule is Cc1nn(CCC(=O)Nc2c(C)nn(C)c2C)c(C)c1Cl. The molecule has 114 valence electrons. The van der Waals surface area contributed by atoms with Gasteiger partial charge in [0.15, 0.2) is 0 Å². The second-order valence-corrected chi connectivity index (χ2v) is 5.55. The van der Waals surface area contributed by atoms with Gasteiger partial charge in [0, 0.05) is 13.5 Å². The first-order valence-electron chi connectivity index (χ1n) is 6.80. The Morgan fingerprint density at radius 1 is 1.14 bits per heavy atom. The molecule has 0 aliphatic carbocycles. The van der Waals surface area contributed by atoms with Crippen molar-refractivity contribution in [2.75, 3.05) is 5.32 Å². The van der Waals surface area contributed by atoms with E-state index in [9.17, 15) is 4.79 Å². The van der Waals surface area contributed by atoms with Crippen LogP contribution in [0, 0.1) is 27.7 Å². The van der Waals surface area contributed by atoms with Gasteiger partial charge in [-0.15, -0.1) is 0 Å². The molecule has 7 heteroatoms. The average molecular weight is 310 g/mol. The van der Waals surface area contributed by atoms with Crippen LogP contribution in [-0.2, 0) is 18.4 Å². The Bertz CT molecular complexity index is 686. The van der Waals surface area contributed by atoms with E-state index in [-0.39, 0.29) is 5.91 Å². The summed E-state index contributed by atoms with van der Waals surface area (Å²) >= 11 is 6.09. The Morgan fingerprint density at radius 3 is 2.29 bits per heavy atom. The topological polar surface area (TPSA) is 64.7 Å². The van der Waals surface area contributed by atoms with Crippen molar-refractivity contribution < 1.29 is 4.79 Å². The summed E-state index contributed by atoms with van der Waals surface area (Å²) in [5.41, 5.74) is 4.21. The molecule has 2 heterocycles. The molecule has 2 rings (SSSR count). The van der Waals surface area contributed by atoms with Gasteiger partial charge in [-0.1, -0.05) is 11.6 Å². The molecule has 6 nitrogen and oxygen atoms in total. The van der Waals surface area contributed by atoms with E-state index < -0.39 is 0 Å². The molecule has 1 amide bonds. The van der Waals surface area contributed by atoms with E-state index in [1.54, 1.807) is 9.36 Å². The number of carbonyl (C=O) groups excluding carboxylic acids is 1. The summed E-state index contributed by atoms with van der Waals surface area (Å²) in [5.74, 6) is -0.0575. The fourth-order valence-corrected chi connectivity index (χ4v) is 2.39. The number of hydrogen-bond acceptors (Lipinski definition) is 3. The highest BCUT2D eigenvalue weighted by molar-refractivity contribution is 6.31. The van der Waals surface area contributed by atoms with Crippen LogP contribution in [0.2, 0.25) is 5.02 Å². The summed E-state index contributed by atoms with van der Waals surface area (Å²) in [5, 5.41) is 12.2. The molecule has 0 unspecified atom stereocenters. The number of aromatic nitrogens is 4. The second kappa shape index (κ2) is 5.89. The Labute approximate surface area is 129 Å². The van der Waals surface area contributed by atoms with Crippen LogP contribution < -0.4 is 5.32 Å². The van der Waals surface area contributed by atoms with Crippen LogP contribution in [0.15, 0.2) is 0 Å². The first kappa shape index (κ1) is 15.6. The lowest BCUT2D eigenvalue weighted by Gasteiger charge is -2.07. The molecule has 0 spiro atoms. The van der Waals surface area contributed by atoms with E-state index in [4.69, 9.17) is 11.6 Å². The highest BCUT2D eigenvalue weighted by atomic mass is 35.5. The highest BCUT2D eigenvalue weighted by Crippen LogP contribution is 2.20. The molecule has 0 saturated heterocycles. The maximum absolute atomic E-state index is 12.1. The maximum Gasteiger partial charge on any atom is 0.226 e. The van der Waals surface area contributed by atoms with Gasteiger partial charge in [-0.2, -0.15) is 10.2 Å². The minimum absolute atomic E-state index is 0.0575. The molecule has 0 aliphatic rings. The number of nitrogens with zero attached hydrogens (tertiary/aromatic N) is 4. The Balaban J connectivity index is 2.01. The van der Waals surface area contributed by atoms with Gasteiger partial charge < -0.3 is 5.32 Å². The Hall–Kier alpha value is -1.82. The van der Waals surface area contributed by atoms with E-state index in [1.165, 1.54) is 0 Å². The predicted octanol–water partition coefficient (Wildman–Crippen LogP) is 2.53. The van der Waals surface area contributed by atoms with Gasteiger partial charge in [0.25, 0.3) is 0 Å². The van der Waals surface area contributed by atoms with Crippen LogP contribution in [-0.4, -0.2) is 25.5 Å². The van der Waals surface area contributed by atoms with E-state index in [0.717, 1.165) is 28.5 Å². The summed E-state index contributed by atoms with van der Waals surface area (Å²) in [7, 11) is 1.86. The summed E-state index contributed by atoms with van der Waals surface area (Å²) in [4.78, 5) is 12.1. The van der Waals surface area contributed by atoms with Crippen molar-refractivity contribution in [1.29, 1.82) is 0 Å². The van der Waals surface area contributed by atoms with Crippen LogP contribution in [0.3, 0.4) is 0 Å². The summed E-state index contributed by atoms with van der Waals surface area (Å²) in [6.07, 6.45) is 0.339. The van der Waals surface area contributed by atoms with E-state index in [1.807, 2.05) is 34.7 Å². The van der Waals surface area contributed by atoms with Gasteiger partial charge in [-0.3, -0.25) is 14.2 Å². The van der Waals surface area contributed by atoms with E-state index in [2.05, 4.69) is 15.5 Å². The van der Waals surface area contributed by atoms with Gasteiger partial charge in [-0.05, 0) is 27.7 Å². The number of aryl methyl sites for hydroxylation is 4. The normalized spacial score (nSPS) is 11.0. The third kappa shape index (κ3) is 3.10. The average Bonchev–Trinajstić information content (AvgIpc) is 2.81. The second-order valence-electron chi connectivity index (χ2n) is 5.18. The quantitative estimate of drug-likeness (QED) is 0.944. The monoisotopic (exact) mass is 309 g/mol. The zero-order chi connectivity index (χ0) is 15.7. The fraction of sp³-hybridized carbons (Fsp3) is 0.500. The van der Waals surface area contributed by atoms with Crippen molar-refractivity contribution in [3.05, 3.63) is 27.8 Å². The molecule has 0 aromatic carbocycles. The molecule has 0 fully saturated rings. The van der Waals surface area contributed by atoms with Crippen molar-refractivity contribution in [3.63, 3.8) is 0 Å². The van der Waals surface area contributed by atoms with Gasteiger partial charge in [0.2, 0.25) is 5.91 Å². The van der Waals surface area contributed by atoms with Crippen molar-refractivity contribution in [2.45, 2.75) is 40.7 Å². The van der Waals surface area contributed by atoms with Crippen molar-refractivity contribution in [3.8, 4) is 0 Å². The van der Waals surface area contributed by atoms with Gasteiger partial charge >= 0.3 is 0 Å². The van der Waals surface area contributed by atoms with E-state index in [0.29, 0.717) is 18.0 Å². The molecule has 0 atom stereocenters. The van der Waals surface area contributed by atoms with Gasteiger partial charge in [0.05, 0.1) is 40.0 Å². The smallest absolute Gasteiger partial charge is 0.226 e. The maximum atomic E-state index is 12.1. The van der Waals surface area contributed by atoms with Crippen molar-refractivity contribution in [1.82, 2.24) is 19.6 Å². The molecule has 2 aromatic heterocycles. The van der Waals surface area contributed by atoms with Crippen LogP contribution in [0.4, 0.5) is 5.69 Å². The number of halogens is 1. The van der Waals surface area contributed by atoms with Crippen LogP contribution in [0.5, 0.6) is 0 Å². The Kier molecular flexibility index (Phi) is 4.37. The first-order chi connectivity index (χ1) is 9.81. The lowest BCUT2D eigenvalue weighted by atomic mass is 10.3. The minimum Gasteiger partial charge on any atom is -0.323 e. The zero-order valence-corrected chi connectivity index (χ0v) is 13.7. The highest BCUT2D eigenvalue weighted by Gasteiger charge is 2.14. The van der Waals surface area contributed by atoms with Crippen molar-refractivity contribution >= 4 is 23.2 Å². The Morgan fingerprint density at radius 2 is 1.81 bits per heavy atom. The van der Waals surface area contributed by atoms with Crippen LogP contribution >= 0.6 is 11.6 Å². The molecule has 21 heavy (non-hydrogen) atoms. The third-order valence-corrected chi connectivity index (χ3v) is 4.16. The molecule has 0 bridgehead atoms. The molecular weight excluding hydrogens is 290 g/mol. The molecule has 0 radical (unpaired) electrons. The van der Waals surface area contributed by atoms with Crippen LogP contribution in [0.1, 0.15) is 29.2 Å². The van der Waals surface area contributed by atoms with Gasteiger partial charge in [-0.25, -0.2) is 0 Å². The largest absolute Gasteiger partial charge is 0.323 e. The number of hydrogen-bond donors (Lipinski definition) is 1. The first-order valence-corrected chi connectivity index (χ1v) is 7.18. The number of carbonyl (C=O) groups is 1. The molecule has 0 aliphatic heterocycles. The third-order valence-electron chi connectivity index (χ3n) is 3.62. The number of nitrogens with one attached hydrogen (secondary N) is 1. The standard InChI is InChI=1S/C14H20ClN5O/c1-8-13(15)10(3)20(18-8)7-6-12(21)16-14-9(2)17-19(5)11(14)4/h6-7H2,1-5H3,(H,16,21). The number of rotatable bonds is 4. The summed E-state index contributed by atoms with van der Waals surface area (Å²) in [6, 6.07) is 0. The van der Waals surface area contributed by atoms with Crippen LogP contribution in [0.25, 0.3) is 0 Å². The number of anilines is 1. The van der Waals surface area contributed by atoms with Crippen molar-refractivity contribution in [2.24, 2.45) is 7.05 Å². The predicted molar refractivity (Wildman–Crippen MR) is 82.6 cm³/mol. The lowest BCUT2D eigenvalue weighted by molar-refractivity contribution is -0.116. The molecule has 1 N–H and O–H groups in total. The summed E-state index contributed by atoms with van der Waals surface area (Å²) < 4.78 is 3.52.